The van der Waals surface area contributed by atoms with E-state index in [1.807, 2.05) is 25.7 Å². The SMILES string of the molecule is CCC(C)(C)C(=O)N1CCOCCOCCOCCOCC1. The molecule has 0 N–H and O–H groups in total. The van der Waals surface area contributed by atoms with Crippen LogP contribution in [0, 0.1) is 5.41 Å². The number of ether oxygens (including phenoxy) is 4. The van der Waals surface area contributed by atoms with Crippen molar-refractivity contribution < 1.29 is 23.7 Å². The number of amides is 1. The van der Waals surface area contributed by atoms with Gasteiger partial charge in [-0.3, -0.25) is 4.79 Å². The smallest absolute Gasteiger partial charge is 0.228 e. The molecule has 22 heavy (non-hydrogen) atoms. The van der Waals surface area contributed by atoms with Crippen molar-refractivity contribution in [3.8, 4) is 0 Å². The van der Waals surface area contributed by atoms with Gasteiger partial charge in [-0.25, -0.2) is 0 Å². The maximum atomic E-state index is 12.6. The van der Waals surface area contributed by atoms with E-state index in [0.29, 0.717) is 65.9 Å². The van der Waals surface area contributed by atoms with E-state index < -0.39 is 0 Å². The lowest BCUT2D eigenvalue weighted by molar-refractivity contribution is -0.142. The molecule has 0 radical (unpaired) electrons. The highest BCUT2D eigenvalue weighted by molar-refractivity contribution is 5.81. The molecule has 130 valence electrons. The van der Waals surface area contributed by atoms with Gasteiger partial charge >= 0.3 is 0 Å². The van der Waals surface area contributed by atoms with Crippen molar-refractivity contribution in [1.82, 2.24) is 4.90 Å². The topological polar surface area (TPSA) is 57.2 Å². The van der Waals surface area contributed by atoms with Crippen LogP contribution >= 0.6 is 0 Å². The summed E-state index contributed by atoms with van der Waals surface area (Å²) in [6, 6.07) is 0. The van der Waals surface area contributed by atoms with E-state index in [1.54, 1.807) is 0 Å². The Balaban J connectivity index is 2.50. The van der Waals surface area contributed by atoms with Crippen molar-refractivity contribution in [1.29, 1.82) is 0 Å². The number of carbonyl (C=O) groups excluding carboxylic acids is 1. The third kappa shape index (κ3) is 7.54. The predicted octanol–water partition coefficient (Wildman–Crippen LogP) is 1.33. The molecule has 0 aromatic heterocycles. The summed E-state index contributed by atoms with van der Waals surface area (Å²) in [6.45, 7) is 11.5. The molecule has 1 fully saturated rings. The number of hydrogen-bond acceptors (Lipinski definition) is 5. The van der Waals surface area contributed by atoms with Crippen LogP contribution in [-0.4, -0.2) is 76.8 Å². The zero-order valence-corrected chi connectivity index (χ0v) is 14.3. The number of nitrogens with zero attached hydrogens (tertiary/aromatic N) is 1. The van der Waals surface area contributed by atoms with Crippen LogP contribution in [0.4, 0.5) is 0 Å². The van der Waals surface area contributed by atoms with E-state index in [-0.39, 0.29) is 11.3 Å². The molecule has 0 unspecified atom stereocenters. The minimum absolute atomic E-state index is 0.152. The van der Waals surface area contributed by atoms with Gasteiger partial charge in [-0.15, -0.1) is 0 Å². The average Bonchev–Trinajstić information content (AvgIpc) is 2.52. The van der Waals surface area contributed by atoms with Gasteiger partial charge in [0.25, 0.3) is 0 Å². The molecule has 1 rings (SSSR count). The molecular formula is C16H31NO5. The molecule has 0 saturated carbocycles. The Kier molecular flexibility index (Phi) is 9.63. The second kappa shape index (κ2) is 10.9. The summed E-state index contributed by atoms with van der Waals surface area (Å²) in [6.07, 6.45) is 0.811. The molecule has 1 aliphatic rings. The van der Waals surface area contributed by atoms with Gasteiger partial charge in [0, 0.05) is 18.5 Å². The summed E-state index contributed by atoms with van der Waals surface area (Å²) in [5.41, 5.74) is -0.352. The second-order valence-electron chi connectivity index (χ2n) is 5.98. The van der Waals surface area contributed by atoms with Crippen LogP contribution in [0.1, 0.15) is 27.2 Å². The molecular weight excluding hydrogens is 286 g/mol. The Morgan fingerprint density at radius 1 is 0.818 bits per heavy atom. The van der Waals surface area contributed by atoms with Crippen molar-refractivity contribution in [2.24, 2.45) is 5.41 Å². The monoisotopic (exact) mass is 317 g/mol. The molecule has 0 aromatic carbocycles. The van der Waals surface area contributed by atoms with E-state index in [2.05, 4.69) is 0 Å². The fourth-order valence-corrected chi connectivity index (χ4v) is 2.01. The Hall–Kier alpha value is -0.690. The maximum absolute atomic E-state index is 12.6. The van der Waals surface area contributed by atoms with Crippen LogP contribution < -0.4 is 0 Å². The number of carbonyl (C=O) groups is 1. The third-order valence-corrected chi connectivity index (χ3v) is 3.88. The first-order valence-electron chi connectivity index (χ1n) is 8.18. The Labute approximate surface area is 134 Å². The van der Waals surface area contributed by atoms with Gasteiger partial charge in [-0.2, -0.15) is 0 Å². The predicted molar refractivity (Wildman–Crippen MR) is 83.9 cm³/mol. The third-order valence-electron chi connectivity index (χ3n) is 3.88. The summed E-state index contributed by atoms with van der Waals surface area (Å²) in [4.78, 5) is 14.4. The maximum Gasteiger partial charge on any atom is 0.228 e. The zero-order chi connectivity index (χ0) is 16.3. The first-order valence-corrected chi connectivity index (χ1v) is 8.18. The molecule has 0 atom stereocenters. The number of hydrogen-bond donors (Lipinski definition) is 0. The molecule has 0 bridgehead atoms. The van der Waals surface area contributed by atoms with Crippen LogP contribution in [0.15, 0.2) is 0 Å². The van der Waals surface area contributed by atoms with Crippen LogP contribution in [-0.2, 0) is 23.7 Å². The normalized spacial score (nSPS) is 21.0. The average molecular weight is 317 g/mol. The second-order valence-corrected chi connectivity index (χ2v) is 5.98. The Bertz CT molecular complexity index is 293. The standard InChI is InChI=1S/C16H31NO5/c1-4-16(2,3)15(18)17-5-7-19-9-11-21-13-14-22-12-10-20-8-6-17/h4-14H2,1-3H3. The summed E-state index contributed by atoms with van der Waals surface area (Å²) < 4.78 is 21.8. The zero-order valence-electron chi connectivity index (χ0n) is 14.3. The van der Waals surface area contributed by atoms with Gasteiger partial charge in [-0.05, 0) is 6.42 Å². The van der Waals surface area contributed by atoms with Crippen molar-refractivity contribution in [3.63, 3.8) is 0 Å². The van der Waals surface area contributed by atoms with Gasteiger partial charge in [0.05, 0.1) is 52.9 Å². The molecule has 1 saturated heterocycles. The highest BCUT2D eigenvalue weighted by Gasteiger charge is 2.29. The molecule has 0 aromatic rings. The van der Waals surface area contributed by atoms with Crippen molar-refractivity contribution in [3.05, 3.63) is 0 Å². The number of rotatable bonds is 2. The van der Waals surface area contributed by atoms with Crippen molar-refractivity contribution in [2.45, 2.75) is 27.2 Å². The van der Waals surface area contributed by atoms with E-state index in [9.17, 15) is 4.79 Å². The van der Waals surface area contributed by atoms with Gasteiger partial charge in [-0.1, -0.05) is 20.8 Å². The van der Waals surface area contributed by atoms with E-state index in [1.165, 1.54) is 0 Å². The lowest BCUT2D eigenvalue weighted by Crippen LogP contribution is -2.44. The minimum atomic E-state index is -0.352. The van der Waals surface area contributed by atoms with E-state index >= 15 is 0 Å². The first kappa shape index (κ1) is 19.4. The van der Waals surface area contributed by atoms with Crippen LogP contribution in [0.3, 0.4) is 0 Å². The van der Waals surface area contributed by atoms with Crippen molar-refractivity contribution in [2.75, 3.05) is 65.9 Å². The molecule has 6 heteroatoms. The molecule has 1 aliphatic heterocycles. The van der Waals surface area contributed by atoms with Crippen LogP contribution in [0.25, 0.3) is 0 Å². The van der Waals surface area contributed by atoms with E-state index in [4.69, 9.17) is 18.9 Å². The molecule has 0 aliphatic carbocycles. The first-order chi connectivity index (χ1) is 10.6. The molecule has 1 heterocycles. The minimum Gasteiger partial charge on any atom is -0.377 e. The summed E-state index contributed by atoms with van der Waals surface area (Å²) >= 11 is 0. The summed E-state index contributed by atoms with van der Waals surface area (Å²) in [5.74, 6) is 0.152. The lowest BCUT2D eigenvalue weighted by atomic mass is 9.88. The Morgan fingerprint density at radius 3 is 1.55 bits per heavy atom. The lowest BCUT2D eigenvalue weighted by Gasteiger charge is -2.31. The van der Waals surface area contributed by atoms with Gasteiger partial charge < -0.3 is 23.8 Å². The van der Waals surface area contributed by atoms with Gasteiger partial charge in [0.2, 0.25) is 5.91 Å². The van der Waals surface area contributed by atoms with Crippen LogP contribution in [0.5, 0.6) is 0 Å². The van der Waals surface area contributed by atoms with Crippen molar-refractivity contribution >= 4 is 5.91 Å². The highest BCUT2D eigenvalue weighted by atomic mass is 16.6. The summed E-state index contributed by atoms with van der Waals surface area (Å²) in [7, 11) is 0. The fourth-order valence-electron chi connectivity index (χ4n) is 2.01. The Morgan fingerprint density at radius 2 is 1.18 bits per heavy atom. The molecule has 6 nitrogen and oxygen atoms in total. The highest BCUT2D eigenvalue weighted by Crippen LogP contribution is 2.22. The van der Waals surface area contributed by atoms with Crippen LogP contribution in [0.2, 0.25) is 0 Å². The fraction of sp³-hybridized carbons (Fsp3) is 0.938. The largest absolute Gasteiger partial charge is 0.377 e. The summed E-state index contributed by atoms with van der Waals surface area (Å²) in [5, 5.41) is 0. The van der Waals surface area contributed by atoms with Gasteiger partial charge in [0.1, 0.15) is 0 Å². The molecule has 1 amide bonds. The van der Waals surface area contributed by atoms with E-state index in [0.717, 1.165) is 6.42 Å². The quantitative estimate of drug-likeness (QED) is 0.769. The molecule has 0 spiro atoms. The van der Waals surface area contributed by atoms with Gasteiger partial charge in [0.15, 0.2) is 0 Å².